The Balaban J connectivity index is 1.87. The number of hydrogen-bond acceptors (Lipinski definition) is 0. The molecule has 0 aromatic carbocycles. The van der Waals surface area contributed by atoms with Gasteiger partial charge in [-0.05, 0) is 49.9 Å². The molecule has 118 valence electrons. The maximum atomic E-state index is 2.52. The summed E-state index contributed by atoms with van der Waals surface area (Å²) in [4.78, 5) is 0. The molecule has 0 saturated heterocycles. The first-order valence-electron chi connectivity index (χ1n) is 9.78. The zero-order valence-corrected chi connectivity index (χ0v) is 13.9. The van der Waals surface area contributed by atoms with Crippen molar-refractivity contribution in [3.8, 4) is 0 Å². The molecule has 3 rings (SSSR count). The van der Waals surface area contributed by atoms with E-state index in [1.54, 1.807) is 0 Å². The molecule has 0 spiro atoms. The SMILES string of the molecule is C1=CCCC(C2(C3CCCCCC3)CCCCCCC2)=C1. The maximum absolute atomic E-state index is 2.52. The third-order valence-corrected chi connectivity index (χ3v) is 6.54. The fraction of sp³-hybridized carbons (Fsp3) is 0.810. The number of hydrogen-bond donors (Lipinski definition) is 0. The van der Waals surface area contributed by atoms with Crippen LogP contribution in [-0.4, -0.2) is 0 Å². The Morgan fingerprint density at radius 3 is 2.00 bits per heavy atom. The minimum Gasteiger partial charge on any atom is -0.0842 e. The van der Waals surface area contributed by atoms with Crippen molar-refractivity contribution in [2.45, 2.75) is 96.3 Å². The fourth-order valence-corrected chi connectivity index (χ4v) is 5.38. The van der Waals surface area contributed by atoms with E-state index in [9.17, 15) is 0 Å². The van der Waals surface area contributed by atoms with Gasteiger partial charge in [0.15, 0.2) is 0 Å². The molecule has 0 nitrogen and oxygen atoms in total. The maximum Gasteiger partial charge on any atom is -0.00566 e. The zero-order chi connectivity index (χ0) is 14.4. The molecule has 0 unspecified atom stereocenters. The van der Waals surface area contributed by atoms with Crippen molar-refractivity contribution in [3.05, 3.63) is 23.8 Å². The molecule has 0 aromatic heterocycles. The zero-order valence-electron chi connectivity index (χ0n) is 13.9. The molecule has 3 aliphatic rings. The molecule has 2 fully saturated rings. The van der Waals surface area contributed by atoms with E-state index >= 15 is 0 Å². The lowest BCUT2D eigenvalue weighted by Gasteiger charge is -2.45. The smallest absolute Gasteiger partial charge is 0.00566 e. The Kier molecular flexibility index (Phi) is 5.61. The van der Waals surface area contributed by atoms with Gasteiger partial charge in [0.25, 0.3) is 0 Å². The van der Waals surface area contributed by atoms with Crippen LogP contribution in [0.1, 0.15) is 96.3 Å². The lowest BCUT2D eigenvalue weighted by atomic mass is 9.60. The molecular formula is C21H34. The van der Waals surface area contributed by atoms with Gasteiger partial charge < -0.3 is 0 Å². The van der Waals surface area contributed by atoms with Crippen LogP contribution in [0, 0.1) is 11.3 Å². The average molecular weight is 287 g/mol. The van der Waals surface area contributed by atoms with E-state index in [1.807, 2.05) is 5.57 Å². The van der Waals surface area contributed by atoms with E-state index in [2.05, 4.69) is 18.2 Å². The van der Waals surface area contributed by atoms with Gasteiger partial charge in [-0.25, -0.2) is 0 Å². The summed E-state index contributed by atoms with van der Waals surface area (Å²) in [6.45, 7) is 0. The van der Waals surface area contributed by atoms with Crippen LogP contribution < -0.4 is 0 Å². The second-order valence-electron chi connectivity index (χ2n) is 7.77. The highest BCUT2D eigenvalue weighted by atomic mass is 14.4. The average Bonchev–Trinajstić information content (AvgIpc) is 2.78. The minimum atomic E-state index is 0.593. The van der Waals surface area contributed by atoms with Gasteiger partial charge in [-0.2, -0.15) is 0 Å². The Hall–Kier alpha value is -0.520. The molecule has 0 heterocycles. The molecule has 0 N–H and O–H groups in total. The Morgan fingerprint density at radius 2 is 1.38 bits per heavy atom. The number of allylic oxidation sites excluding steroid dienone is 4. The molecule has 0 heteroatoms. The van der Waals surface area contributed by atoms with E-state index in [4.69, 9.17) is 0 Å². The Bertz CT molecular complexity index is 357. The summed E-state index contributed by atoms with van der Waals surface area (Å²) in [5, 5.41) is 0. The largest absolute Gasteiger partial charge is 0.0842 e. The first kappa shape index (κ1) is 15.4. The first-order chi connectivity index (χ1) is 10.4. The fourth-order valence-electron chi connectivity index (χ4n) is 5.38. The summed E-state index contributed by atoms with van der Waals surface area (Å²) in [7, 11) is 0. The standard InChI is InChI=1S/C21H34/c1-4-11-17-21(18-12-5-1,20-15-9-6-10-16-20)19-13-7-2-3-8-14-19/h6,9,15,19H,1-5,7-8,10-14,16-18H2. The van der Waals surface area contributed by atoms with Crippen molar-refractivity contribution < 1.29 is 0 Å². The topological polar surface area (TPSA) is 0 Å². The van der Waals surface area contributed by atoms with Gasteiger partial charge in [0.05, 0.1) is 0 Å². The summed E-state index contributed by atoms with van der Waals surface area (Å²) < 4.78 is 0. The minimum absolute atomic E-state index is 0.593. The highest BCUT2D eigenvalue weighted by Crippen LogP contribution is 2.52. The van der Waals surface area contributed by atoms with Gasteiger partial charge >= 0.3 is 0 Å². The molecule has 0 aliphatic heterocycles. The van der Waals surface area contributed by atoms with E-state index in [0.717, 1.165) is 5.92 Å². The summed E-state index contributed by atoms with van der Waals surface area (Å²) in [5.41, 5.74) is 2.44. The molecular weight excluding hydrogens is 252 g/mol. The van der Waals surface area contributed by atoms with E-state index in [0.29, 0.717) is 5.41 Å². The summed E-state index contributed by atoms with van der Waals surface area (Å²) >= 11 is 0. The van der Waals surface area contributed by atoms with Crippen LogP contribution in [0.15, 0.2) is 23.8 Å². The quantitative estimate of drug-likeness (QED) is 0.481. The summed E-state index contributed by atoms with van der Waals surface area (Å²) in [6.07, 6.45) is 29.3. The van der Waals surface area contributed by atoms with Crippen LogP contribution in [0.3, 0.4) is 0 Å². The predicted molar refractivity (Wildman–Crippen MR) is 92.4 cm³/mol. The van der Waals surface area contributed by atoms with Gasteiger partial charge in [-0.3, -0.25) is 0 Å². The van der Waals surface area contributed by atoms with E-state index < -0.39 is 0 Å². The van der Waals surface area contributed by atoms with Crippen molar-refractivity contribution in [1.82, 2.24) is 0 Å². The second kappa shape index (κ2) is 7.65. The first-order valence-corrected chi connectivity index (χ1v) is 9.78. The molecule has 0 radical (unpaired) electrons. The predicted octanol–water partition coefficient (Wildman–Crippen LogP) is 6.96. The van der Waals surface area contributed by atoms with Gasteiger partial charge in [0.2, 0.25) is 0 Å². The molecule has 0 aromatic rings. The lowest BCUT2D eigenvalue weighted by Crippen LogP contribution is -2.34. The molecule has 2 saturated carbocycles. The van der Waals surface area contributed by atoms with Crippen LogP contribution in [-0.2, 0) is 0 Å². The summed E-state index contributed by atoms with van der Waals surface area (Å²) in [6, 6.07) is 0. The molecule has 21 heavy (non-hydrogen) atoms. The highest BCUT2D eigenvalue weighted by molar-refractivity contribution is 5.26. The third kappa shape index (κ3) is 3.63. The molecule has 0 bridgehead atoms. The van der Waals surface area contributed by atoms with Crippen molar-refractivity contribution >= 4 is 0 Å². The molecule has 0 atom stereocenters. The van der Waals surface area contributed by atoms with Crippen LogP contribution >= 0.6 is 0 Å². The molecule has 0 amide bonds. The molecule has 3 aliphatic carbocycles. The Morgan fingerprint density at radius 1 is 0.762 bits per heavy atom. The van der Waals surface area contributed by atoms with E-state index in [1.165, 1.54) is 96.3 Å². The van der Waals surface area contributed by atoms with Gasteiger partial charge in [-0.1, -0.05) is 81.6 Å². The number of rotatable bonds is 2. The Labute approximate surface area is 132 Å². The monoisotopic (exact) mass is 286 g/mol. The van der Waals surface area contributed by atoms with Crippen LogP contribution in [0.5, 0.6) is 0 Å². The van der Waals surface area contributed by atoms with Gasteiger partial charge in [-0.15, -0.1) is 0 Å². The van der Waals surface area contributed by atoms with Crippen molar-refractivity contribution in [2.24, 2.45) is 11.3 Å². The second-order valence-corrected chi connectivity index (χ2v) is 7.77. The van der Waals surface area contributed by atoms with Crippen LogP contribution in [0.25, 0.3) is 0 Å². The highest BCUT2D eigenvalue weighted by Gasteiger charge is 2.40. The summed E-state index contributed by atoms with van der Waals surface area (Å²) in [5.74, 6) is 0.996. The van der Waals surface area contributed by atoms with Crippen LogP contribution in [0.2, 0.25) is 0 Å². The van der Waals surface area contributed by atoms with Crippen LogP contribution in [0.4, 0.5) is 0 Å². The van der Waals surface area contributed by atoms with E-state index in [-0.39, 0.29) is 0 Å². The van der Waals surface area contributed by atoms with Crippen molar-refractivity contribution in [3.63, 3.8) is 0 Å². The normalized spacial score (nSPS) is 28.3. The van der Waals surface area contributed by atoms with Gasteiger partial charge in [0.1, 0.15) is 0 Å². The van der Waals surface area contributed by atoms with Crippen molar-refractivity contribution in [1.29, 1.82) is 0 Å². The van der Waals surface area contributed by atoms with Crippen molar-refractivity contribution in [2.75, 3.05) is 0 Å². The third-order valence-electron chi connectivity index (χ3n) is 6.54. The van der Waals surface area contributed by atoms with Gasteiger partial charge in [0, 0.05) is 0 Å². The lowest BCUT2D eigenvalue weighted by molar-refractivity contribution is 0.135.